The summed E-state index contributed by atoms with van der Waals surface area (Å²) in [5.41, 5.74) is 2.57. The van der Waals surface area contributed by atoms with Gasteiger partial charge in [0.1, 0.15) is 5.78 Å². The number of carbonyl (C=O) groups excluding carboxylic acids is 3. The molecular weight excluding hydrogens is 382 g/mol. The van der Waals surface area contributed by atoms with E-state index in [9.17, 15) is 14.4 Å². The molecule has 124 valence electrons. The van der Waals surface area contributed by atoms with Crippen molar-refractivity contribution in [2.45, 2.75) is 18.3 Å². The van der Waals surface area contributed by atoms with Crippen molar-refractivity contribution in [2.24, 2.45) is 11.8 Å². The summed E-state index contributed by atoms with van der Waals surface area (Å²) in [7, 11) is 0. The molecule has 1 heterocycles. The molecule has 0 spiro atoms. The molecule has 25 heavy (non-hydrogen) atoms. The van der Waals surface area contributed by atoms with Gasteiger partial charge in [0, 0.05) is 16.8 Å². The molecule has 2 aromatic carbocycles. The van der Waals surface area contributed by atoms with E-state index in [1.807, 2.05) is 36.4 Å². The Hall–Kier alpha value is -2.27. The smallest absolute Gasteiger partial charge is 0.238 e. The molecule has 2 amide bonds. The zero-order valence-corrected chi connectivity index (χ0v) is 14.8. The van der Waals surface area contributed by atoms with Crippen molar-refractivity contribution in [1.82, 2.24) is 0 Å². The Labute approximate surface area is 153 Å². The fourth-order valence-electron chi connectivity index (χ4n) is 4.80. The summed E-state index contributed by atoms with van der Waals surface area (Å²) in [4.78, 5) is 40.1. The monoisotopic (exact) mass is 395 g/mol. The summed E-state index contributed by atoms with van der Waals surface area (Å²) in [5, 5.41) is 0. The van der Waals surface area contributed by atoms with Crippen molar-refractivity contribution >= 4 is 39.2 Å². The van der Waals surface area contributed by atoms with E-state index in [0.717, 1.165) is 15.6 Å². The maximum Gasteiger partial charge on any atom is 0.238 e. The van der Waals surface area contributed by atoms with Crippen molar-refractivity contribution < 1.29 is 14.4 Å². The molecule has 2 aromatic rings. The zero-order valence-electron chi connectivity index (χ0n) is 13.2. The van der Waals surface area contributed by atoms with Crippen molar-refractivity contribution in [3.63, 3.8) is 0 Å². The van der Waals surface area contributed by atoms with Crippen LogP contribution in [0.4, 0.5) is 5.69 Å². The number of halogens is 1. The van der Waals surface area contributed by atoms with Crippen LogP contribution in [0, 0.1) is 11.8 Å². The highest BCUT2D eigenvalue weighted by atomic mass is 79.9. The molecule has 0 N–H and O–H groups in total. The Kier molecular flexibility index (Phi) is 3.07. The number of benzene rings is 2. The first-order valence-corrected chi connectivity index (χ1v) is 9.12. The van der Waals surface area contributed by atoms with Crippen LogP contribution < -0.4 is 4.90 Å². The Bertz CT molecular complexity index is 936. The number of fused-ring (bicyclic) bond motifs is 1. The SMILES string of the molecule is O=C1C[C@H]2c3ccccc3[C@@H]1[C@H]1C(=O)N(c3ccc(Br)cc3)C(=O)[C@@H]12. The normalized spacial score (nSPS) is 29.8. The topological polar surface area (TPSA) is 54.5 Å². The number of carbonyl (C=O) groups is 3. The molecule has 6 rings (SSSR count). The van der Waals surface area contributed by atoms with Crippen LogP contribution in [-0.4, -0.2) is 17.6 Å². The predicted molar refractivity (Wildman–Crippen MR) is 95.2 cm³/mol. The van der Waals surface area contributed by atoms with E-state index in [2.05, 4.69) is 15.9 Å². The van der Waals surface area contributed by atoms with Gasteiger partial charge in [0.25, 0.3) is 0 Å². The molecule has 5 heteroatoms. The predicted octanol–water partition coefficient (Wildman–Crippen LogP) is 3.41. The van der Waals surface area contributed by atoms with Crippen molar-refractivity contribution in [3.05, 3.63) is 64.1 Å². The fraction of sp³-hybridized carbons (Fsp3) is 0.250. The molecular formula is C20H14BrNO3. The van der Waals surface area contributed by atoms with Crippen molar-refractivity contribution in [3.8, 4) is 0 Å². The standard InChI is InChI=1S/C20H14BrNO3/c21-10-5-7-11(8-6-10)22-19(24)17-14-9-15(23)16(18(17)20(22)25)13-4-2-1-3-12(13)14/h1-8,14,16-18H,9H2/t14-,16-,17+,18+/m0/s1. The molecule has 0 radical (unpaired) electrons. The first-order chi connectivity index (χ1) is 12.1. The van der Waals surface area contributed by atoms with Crippen LogP contribution in [0.25, 0.3) is 0 Å². The average Bonchev–Trinajstić information content (AvgIpc) is 2.88. The maximum atomic E-state index is 13.1. The fourth-order valence-corrected chi connectivity index (χ4v) is 5.07. The minimum absolute atomic E-state index is 0.0868. The number of imide groups is 1. The first-order valence-electron chi connectivity index (χ1n) is 8.33. The van der Waals surface area contributed by atoms with E-state index in [0.29, 0.717) is 12.1 Å². The average molecular weight is 396 g/mol. The summed E-state index contributed by atoms with van der Waals surface area (Å²) in [6.45, 7) is 0. The van der Waals surface area contributed by atoms with Crippen LogP contribution in [-0.2, 0) is 14.4 Å². The van der Waals surface area contributed by atoms with Crippen molar-refractivity contribution in [2.75, 3.05) is 4.90 Å². The van der Waals surface area contributed by atoms with Crippen LogP contribution in [0.3, 0.4) is 0 Å². The van der Waals surface area contributed by atoms with Gasteiger partial charge in [0.05, 0.1) is 23.4 Å². The van der Waals surface area contributed by atoms with Crippen LogP contribution in [0.2, 0.25) is 0 Å². The summed E-state index contributed by atoms with van der Waals surface area (Å²) < 4.78 is 0.885. The van der Waals surface area contributed by atoms with Gasteiger partial charge in [-0.1, -0.05) is 40.2 Å². The van der Waals surface area contributed by atoms with Gasteiger partial charge < -0.3 is 0 Å². The Morgan fingerprint density at radius 1 is 0.840 bits per heavy atom. The minimum atomic E-state index is -0.558. The highest BCUT2D eigenvalue weighted by Gasteiger charge is 2.62. The number of hydrogen-bond acceptors (Lipinski definition) is 3. The lowest BCUT2D eigenvalue weighted by atomic mass is 9.56. The third kappa shape index (κ3) is 1.90. The molecule has 0 unspecified atom stereocenters. The molecule has 4 atom stereocenters. The second-order valence-electron chi connectivity index (χ2n) is 6.92. The molecule has 0 aromatic heterocycles. The van der Waals surface area contributed by atoms with E-state index in [-0.39, 0.29) is 23.5 Å². The third-order valence-corrected chi connectivity index (χ3v) is 6.30. The van der Waals surface area contributed by atoms with Gasteiger partial charge in [0.2, 0.25) is 11.8 Å². The minimum Gasteiger partial charge on any atom is -0.299 e. The number of ketones is 1. The van der Waals surface area contributed by atoms with Gasteiger partial charge >= 0.3 is 0 Å². The van der Waals surface area contributed by atoms with Crippen LogP contribution >= 0.6 is 15.9 Å². The second kappa shape index (κ2) is 5.11. The summed E-state index contributed by atoms with van der Waals surface area (Å²) in [5.74, 6) is -1.97. The lowest BCUT2D eigenvalue weighted by molar-refractivity contribution is -0.134. The summed E-state index contributed by atoms with van der Waals surface area (Å²) in [6, 6.07) is 14.9. The molecule has 1 saturated heterocycles. The zero-order chi connectivity index (χ0) is 17.3. The number of Topliss-reactive ketones (excluding diaryl/α,β-unsaturated/α-hetero) is 1. The number of nitrogens with zero attached hydrogens (tertiary/aromatic N) is 1. The molecule has 4 aliphatic rings. The van der Waals surface area contributed by atoms with Crippen molar-refractivity contribution in [1.29, 1.82) is 0 Å². The Morgan fingerprint density at radius 3 is 2.20 bits per heavy atom. The number of amides is 2. The Morgan fingerprint density at radius 2 is 1.48 bits per heavy atom. The van der Waals surface area contributed by atoms with E-state index >= 15 is 0 Å². The van der Waals surface area contributed by atoms with E-state index in [4.69, 9.17) is 0 Å². The van der Waals surface area contributed by atoms with Gasteiger partial charge in [0.15, 0.2) is 0 Å². The largest absolute Gasteiger partial charge is 0.299 e. The first kappa shape index (κ1) is 15.0. The second-order valence-corrected chi connectivity index (χ2v) is 7.84. The van der Waals surface area contributed by atoms with Gasteiger partial charge in [-0.3, -0.25) is 19.3 Å². The van der Waals surface area contributed by atoms with Crippen LogP contribution in [0.1, 0.15) is 29.4 Å². The highest BCUT2D eigenvalue weighted by molar-refractivity contribution is 9.10. The van der Waals surface area contributed by atoms with E-state index in [1.165, 1.54) is 4.90 Å². The Balaban J connectivity index is 1.65. The molecule has 4 nitrogen and oxygen atoms in total. The van der Waals surface area contributed by atoms with Gasteiger partial charge in [-0.05, 0) is 35.4 Å². The molecule has 2 fully saturated rings. The molecule has 1 saturated carbocycles. The van der Waals surface area contributed by atoms with E-state index in [1.54, 1.807) is 12.1 Å². The number of anilines is 1. The maximum absolute atomic E-state index is 13.1. The van der Waals surface area contributed by atoms with E-state index < -0.39 is 17.8 Å². The lowest BCUT2D eigenvalue weighted by Gasteiger charge is -2.43. The van der Waals surface area contributed by atoms with Gasteiger partial charge in [-0.2, -0.15) is 0 Å². The van der Waals surface area contributed by atoms with Gasteiger partial charge in [-0.25, -0.2) is 0 Å². The summed E-state index contributed by atoms with van der Waals surface area (Å²) >= 11 is 3.37. The van der Waals surface area contributed by atoms with Crippen LogP contribution in [0.5, 0.6) is 0 Å². The summed E-state index contributed by atoms with van der Waals surface area (Å²) in [6.07, 6.45) is 0.357. The van der Waals surface area contributed by atoms with Crippen LogP contribution in [0.15, 0.2) is 53.0 Å². The lowest BCUT2D eigenvalue weighted by Crippen LogP contribution is -2.44. The number of hydrogen-bond donors (Lipinski definition) is 0. The quantitative estimate of drug-likeness (QED) is 0.695. The number of rotatable bonds is 1. The molecule has 3 aliphatic carbocycles. The van der Waals surface area contributed by atoms with Gasteiger partial charge in [-0.15, -0.1) is 0 Å². The third-order valence-electron chi connectivity index (χ3n) is 5.77. The molecule has 1 aliphatic heterocycles. The highest BCUT2D eigenvalue weighted by Crippen LogP contribution is 2.57. The molecule has 2 bridgehead atoms.